The maximum atomic E-state index is 12.1. The number of thiophene rings is 1. The second kappa shape index (κ2) is 6.89. The van der Waals surface area contributed by atoms with Crippen molar-refractivity contribution in [3.05, 3.63) is 74.6 Å². The van der Waals surface area contributed by atoms with Crippen LogP contribution in [0.15, 0.2) is 58.6 Å². The Labute approximate surface area is 140 Å². The number of hydrogen-bond acceptors (Lipinski definition) is 3. The average molecular weight is 376 g/mol. The maximum Gasteiger partial charge on any atom is 0.251 e. The molecule has 3 aromatic rings. The Hall–Kier alpha value is -1.92. The van der Waals surface area contributed by atoms with Gasteiger partial charge >= 0.3 is 0 Å². The molecule has 0 radical (unpaired) electrons. The van der Waals surface area contributed by atoms with Crippen LogP contribution >= 0.6 is 27.3 Å². The highest BCUT2D eigenvalue weighted by molar-refractivity contribution is 9.11. The monoisotopic (exact) mass is 375 g/mol. The summed E-state index contributed by atoms with van der Waals surface area (Å²) in [6.07, 6.45) is 3.67. The highest BCUT2D eigenvalue weighted by Gasteiger charge is 2.06. The summed E-state index contributed by atoms with van der Waals surface area (Å²) in [5.41, 5.74) is 1.78. The molecule has 0 aliphatic carbocycles. The van der Waals surface area contributed by atoms with Crippen LogP contribution in [0.3, 0.4) is 0 Å². The van der Waals surface area contributed by atoms with Crippen LogP contribution in [0.1, 0.15) is 20.8 Å². The van der Waals surface area contributed by atoms with Gasteiger partial charge in [-0.05, 0) is 51.8 Å². The van der Waals surface area contributed by atoms with Crippen molar-refractivity contribution in [3.8, 4) is 0 Å². The lowest BCUT2D eigenvalue weighted by Gasteiger charge is -2.06. The predicted octanol–water partition coefficient (Wildman–Crippen LogP) is 3.69. The van der Waals surface area contributed by atoms with Gasteiger partial charge in [0.1, 0.15) is 0 Å². The molecule has 0 aliphatic rings. The Bertz CT molecular complexity index is 750. The summed E-state index contributed by atoms with van der Waals surface area (Å²) in [5.74, 6) is -0.0600. The molecule has 0 spiro atoms. The summed E-state index contributed by atoms with van der Waals surface area (Å²) in [7, 11) is 0. The lowest BCUT2D eigenvalue weighted by molar-refractivity contribution is 0.0951. The van der Waals surface area contributed by atoms with E-state index in [0.717, 1.165) is 14.2 Å². The molecule has 2 aromatic heterocycles. The van der Waals surface area contributed by atoms with Crippen molar-refractivity contribution < 1.29 is 4.79 Å². The van der Waals surface area contributed by atoms with E-state index in [2.05, 4.69) is 26.3 Å². The smallest absolute Gasteiger partial charge is 0.251 e. The Morgan fingerprint density at radius 3 is 2.68 bits per heavy atom. The number of carbonyl (C=O) groups is 1. The molecule has 0 saturated heterocycles. The van der Waals surface area contributed by atoms with E-state index < -0.39 is 0 Å². The minimum atomic E-state index is -0.0600. The summed E-state index contributed by atoms with van der Waals surface area (Å²) >= 11 is 5.04. The van der Waals surface area contributed by atoms with Crippen LogP contribution in [0, 0.1) is 0 Å². The first-order valence-corrected chi connectivity index (χ1v) is 8.40. The molecule has 0 aliphatic heterocycles. The molecule has 112 valence electrons. The zero-order valence-corrected chi connectivity index (χ0v) is 14.1. The number of carbonyl (C=O) groups excluding carboxylic acids is 1. The van der Waals surface area contributed by atoms with Crippen molar-refractivity contribution in [1.82, 2.24) is 15.1 Å². The van der Waals surface area contributed by atoms with E-state index in [1.807, 2.05) is 53.3 Å². The number of nitrogens with one attached hydrogen (secondary N) is 1. The molecule has 0 fully saturated rings. The molecule has 1 amide bonds. The minimum Gasteiger partial charge on any atom is -0.347 e. The number of halogens is 1. The minimum absolute atomic E-state index is 0.0600. The fourth-order valence-electron chi connectivity index (χ4n) is 2.06. The molecule has 0 atom stereocenters. The first-order valence-electron chi connectivity index (χ1n) is 6.79. The number of rotatable bonds is 5. The third kappa shape index (κ3) is 3.84. The fourth-order valence-corrected chi connectivity index (χ4v) is 3.48. The maximum absolute atomic E-state index is 12.1. The van der Waals surface area contributed by atoms with Gasteiger partial charge in [-0.25, -0.2) is 0 Å². The van der Waals surface area contributed by atoms with E-state index in [9.17, 15) is 4.79 Å². The van der Waals surface area contributed by atoms with Gasteiger partial charge in [-0.1, -0.05) is 12.1 Å². The van der Waals surface area contributed by atoms with Crippen LogP contribution < -0.4 is 5.32 Å². The molecule has 0 unspecified atom stereocenters. The van der Waals surface area contributed by atoms with Crippen molar-refractivity contribution in [3.63, 3.8) is 0 Å². The van der Waals surface area contributed by atoms with Gasteiger partial charge in [0, 0.05) is 22.8 Å². The summed E-state index contributed by atoms with van der Waals surface area (Å²) in [6, 6.07) is 13.5. The normalized spacial score (nSPS) is 10.6. The van der Waals surface area contributed by atoms with Crippen LogP contribution in [-0.2, 0) is 13.1 Å². The first kappa shape index (κ1) is 15.0. The van der Waals surface area contributed by atoms with Crippen LogP contribution in [-0.4, -0.2) is 15.7 Å². The highest BCUT2D eigenvalue weighted by Crippen LogP contribution is 2.21. The second-order valence-corrected chi connectivity index (χ2v) is 7.34. The second-order valence-electron chi connectivity index (χ2n) is 4.79. The van der Waals surface area contributed by atoms with E-state index in [4.69, 9.17) is 0 Å². The Morgan fingerprint density at radius 2 is 2.05 bits per heavy atom. The van der Waals surface area contributed by atoms with E-state index in [0.29, 0.717) is 18.7 Å². The molecule has 3 rings (SSSR count). The molecular formula is C16H14BrN3OS. The van der Waals surface area contributed by atoms with Crippen LogP contribution in [0.25, 0.3) is 0 Å². The van der Waals surface area contributed by atoms with Crippen molar-refractivity contribution in [2.45, 2.75) is 13.1 Å². The van der Waals surface area contributed by atoms with Gasteiger partial charge in [-0.15, -0.1) is 11.3 Å². The Balaban J connectivity index is 1.58. The SMILES string of the molecule is O=C(NCc1ccc(Br)s1)c1ccc(Cn2cccn2)cc1. The summed E-state index contributed by atoms with van der Waals surface area (Å²) in [6.45, 7) is 1.25. The predicted molar refractivity (Wildman–Crippen MR) is 91.0 cm³/mol. The Morgan fingerprint density at radius 1 is 1.23 bits per heavy atom. The van der Waals surface area contributed by atoms with Crippen molar-refractivity contribution >= 4 is 33.2 Å². The molecule has 0 bridgehead atoms. The van der Waals surface area contributed by atoms with Gasteiger partial charge in [0.15, 0.2) is 0 Å². The third-order valence-electron chi connectivity index (χ3n) is 3.17. The molecule has 1 N–H and O–H groups in total. The fraction of sp³-hybridized carbons (Fsp3) is 0.125. The van der Waals surface area contributed by atoms with E-state index in [1.54, 1.807) is 17.5 Å². The van der Waals surface area contributed by atoms with Gasteiger partial charge in [0.2, 0.25) is 0 Å². The highest BCUT2D eigenvalue weighted by atomic mass is 79.9. The molecular weight excluding hydrogens is 362 g/mol. The van der Waals surface area contributed by atoms with Crippen LogP contribution in [0.5, 0.6) is 0 Å². The summed E-state index contributed by atoms with van der Waals surface area (Å²) in [5, 5.41) is 7.10. The zero-order valence-electron chi connectivity index (χ0n) is 11.7. The molecule has 0 saturated carbocycles. The average Bonchev–Trinajstić information content (AvgIpc) is 3.17. The quantitative estimate of drug-likeness (QED) is 0.739. The van der Waals surface area contributed by atoms with Crippen molar-refractivity contribution in [2.75, 3.05) is 0 Å². The summed E-state index contributed by atoms with van der Waals surface area (Å²) < 4.78 is 2.92. The lowest BCUT2D eigenvalue weighted by atomic mass is 10.1. The first-order chi connectivity index (χ1) is 10.7. The van der Waals surface area contributed by atoms with Gasteiger partial charge in [-0.2, -0.15) is 5.10 Å². The number of hydrogen-bond donors (Lipinski definition) is 1. The van der Waals surface area contributed by atoms with Gasteiger partial charge in [0.25, 0.3) is 5.91 Å². The molecule has 4 nitrogen and oxygen atoms in total. The van der Waals surface area contributed by atoms with Gasteiger partial charge < -0.3 is 5.32 Å². The van der Waals surface area contributed by atoms with Crippen LogP contribution in [0.2, 0.25) is 0 Å². The molecule has 22 heavy (non-hydrogen) atoms. The topological polar surface area (TPSA) is 46.9 Å². The lowest BCUT2D eigenvalue weighted by Crippen LogP contribution is -2.22. The number of aromatic nitrogens is 2. The number of benzene rings is 1. The molecule has 6 heteroatoms. The van der Waals surface area contributed by atoms with Gasteiger partial charge in [0.05, 0.1) is 16.9 Å². The van der Waals surface area contributed by atoms with E-state index in [-0.39, 0.29) is 5.91 Å². The van der Waals surface area contributed by atoms with Crippen molar-refractivity contribution in [1.29, 1.82) is 0 Å². The van der Waals surface area contributed by atoms with E-state index in [1.165, 1.54) is 0 Å². The summed E-state index contributed by atoms with van der Waals surface area (Å²) in [4.78, 5) is 13.2. The largest absolute Gasteiger partial charge is 0.347 e. The van der Waals surface area contributed by atoms with Crippen LogP contribution in [0.4, 0.5) is 0 Å². The van der Waals surface area contributed by atoms with Crippen molar-refractivity contribution in [2.24, 2.45) is 0 Å². The molecule has 1 aromatic carbocycles. The standard InChI is InChI=1S/C16H14BrN3OS/c17-15-7-6-14(22-15)10-18-16(21)13-4-2-12(3-5-13)11-20-9-1-8-19-20/h1-9H,10-11H2,(H,18,21). The number of amides is 1. The third-order valence-corrected chi connectivity index (χ3v) is 4.80. The van der Waals surface area contributed by atoms with E-state index >= 15 is 0 Å². The molecule has 2 heterocycles. The number of nitrogens with zero attached hydrogens (tertiary/aromatic N) is 2. The zero-order chi connectivity index (χ0) is 15.4. The Kier molecular flexibility index (Phi) is 4.70. The van der Waals surface area contributed by atoms with Gasteiger partial charge in [-0.3, -0.25) is 9.48 Å².